The molecule has 5 rings (SSSR count). The summed E-state index contributed by atoms with van der Waals surface area (Å²) in [6.45, 7) is 0. The molecule has 0 aliphatic carbocycles. The van der Waals surface area contributed by atoms with Crippen LogP contribution in [-0.4, -0.2) is 36.0 Å². The van der Waals surface area contributed by atoms with Gasteiger partial charge in [0, 0.05) is 26.3 Å². The van der Waals surface area contributed by atoms with Gasteiger partial charge in [-0.25, -0.2) is 9.78 Å². The van der Waals surface area contributed by atoms with Crippen molar-refractivity contribution in [2.24, 2.45) is 0 Å². The van der Waals surface area contributed by atoms with Crippen LogP contribution in [0.15, 0.2) is 85.2 Å². The number of rotatable bonds is 2. The van der Waals surface area contributed by atoms with Crippen LogP contribution in [0.5, 0.6) is 0 Å². The Balaban J connectivity index is 0.000000246. The molecule has 4 aromatic rings. The van der Waals surface area contributed by atoms with E-state index in [4.69, 9.17) is 28.3 Å². The van der Waals surface area contributed by atoms with E-state index in [0.29, 0.717) is 0 Å². The molecule has 4 nitrogen and oxygen atoms in total. The molecule has 0 unspecified atom stereocenters. The number of nitrogens with zero attached hydrogens (tertiary/aromatic N) is 2. The van der Waals surface area contributed by atoms with Crippen molar-refractivity contribution in [3.05, 3.63) is 108 Å². The summed E-state index contributed by atoms with van der Waals surface area (Å²) in [5.41, 5.74) is 3.72. The Labute approximate surface area is 215 Å². The van der Waals surface area contributed by atoms with Crippen LogP contribution >= 0.6 is 23.2 Å². The fourth-order valence-corrected chi connectivity index (χ4v) is 6.91. The second-order valence-corrected chi connectivity index (χ2v) is 10.1. The van der Waals surface area contributed by atoms with Crippen molar-refractivity contribution in [3.8, 4) is 11.3 Å². The first kappa shape index (κ1) is 24.6. The van der Waals surface area contributed by atoms with Crippen LogP contribution in [0.3, 0.4) is 0 Å². The van der Waals surface area contributed by atoms with E-state index < -0.39 is 10.3 Å². The van der Waals surface area contributed by atoms with Crippen LogP contribution in [0.25, 0.3) is 11.3 Å². The normalized spacial score (nSPS) is 12.8. The van der Waals surface area contributed by atoms with Crippen molar-refractivity contribution in [3.63, 3.8) is 0 Å². The number of carboxylic acids is 1. The number of pyridine rings is 2. The zero-order valence-corrected chi connectivity index (χ0v) is 22.0. The molecular formula is C24H15Cl2IrN2O2Se-. The Morgan fingerprint density at radius 1 is 0.906 bits per heavy atom. The number of hydrogen-bond acceptors (Lipinski definition) is 3. The van der Waals surface area contributed by atoms with Crippen LogP contribution < -0.4 is 8.92 Å². The van der Waals surface area contributed by atoms with Gasteiger partial charge in [-0.2, -0.15) is 0 Å². The van der Waals surface area contributed by atoms with Crippen molar-refractivity contribution < 1.29 is 30.0 Å². The number of aromatic nitrogens is 2. The topological polar surface area (TPSA) is 63.1 Å². The molecule has 32 heavy (non-hydrogen) atoms. The van der Waals surface area contributed by atoms with Crippen molar-refractivity contribution in [1.82, 2.24) is 9.97 Å². The summed E-state index contributed by atoms with van der Waals surface area (Å²) in [5.74, 6) is -0.990. The first-order valence-electron chi connectivity index (χ1n) is 9.24. The maximum Gasteiger partial charge on any atom is 0.354 e. The average Bonchev–Trinajstić information content (AvgIpc) is 2.80. The summed E-state index contributed by atoms with van der Waals surface area (Å²) < 4.78 is 1.34. The largest absolute Gasteiger partial charge is 0.477 e. The van der Waals surface area contributed by atoms with Gasteiger partial charge >= 0.3 is 152 Å². The molecule has 1 N–H and O–H groups in total. The minimum absolute atomic E-state index is 0. The van der Waals surface area contributed by atoms with E-state index in [1.54, 1.807) is 18.3 Å². The van der Waals surface area contributed by atoms with Gasteiger partial charge in [-0.15, -0.1) is 0 Å². The Kier molecular flexibility index (Phi) is 8.24. The van der Waals surface area contributed by atoms with Gasteiger partial charge in [0.1, 0.15) is 5.69 Å². The van der Waals surface area contributed by atoms with Gasteiger partial charge in [0.25, 0.3) is 0 Å². The number of halogens is 2. The molecule has 8 heteroatoms. The van der Waals surface area contributed by atoms with E-state index in [1.807, 2.05) is 42.5 Å². The van der Waals surface area contributed by atoms with Crippen LogP contribution in [0.2, 0.25) is 0 Å². The molecule has 0 bridgehead atoms. The molecule has 1 aliphatic rings. The standard InChI is InChI=1S/C18H10Cl2NSe.C6H5NO2.Ir/c19-18(20)13-7-1-2-9-15(13)22-16-10-5-6-12(17(16)18)14-8-3-4-11-21-14;8-6(9)5-3-1-2-4-7-5;/h1-5,7-11H;1-4H,(H,8,9);/q-1;;. The predicted molar refractivity (Wildman–Crippen MR) is 124 cm³/mol. The molecular weight excluding hydrogens is 690 g/mol. The Morgan fingerprint density at radius 3 is 2.22 bits per heavy atom. The Hall–Kier alpha value is -2.04. The fourth-order valence-electron chi connectivity index (χ4n) is 3.15. The SMILES string of the molecule is ClC1(Cl)c2ccccc2[Se]c2cc[c-]c(-c3ccccn3)c21.O=C(O)c1ccccn1.[Ir]. The quantitative estimate of drug-likeness (QED) is 0.195. The van der Waals surface area contributed by atoms with Gasteiger partial charge in [0.05, 0.1) is 0 Å². The van der Waals surface area contributed by atoms with Gasteiger partial charge in [-0.05, 0) is 12.1 Å². The second kappa shape index (κ2) is 10.7. The van der Waals surface area contributed by atoms with Gasteiger partial charge in [0.15, 0.2) is 0 Å². The van der Waals surface area contributed by atoms with E-state index in [-0.39, 0.29) is 40.8 Å². The molecule has 0 amide bonds. The number of alkyl halides is 2. The summed E-state index contributed by atoms with van der Waals surface area (Å²) in [4.78, 5) is 18.2. The molecule has 1 radical (unpaired) electrons. The molecule has 0 spiro atoms. The summed E-state index contributed by atoms with van der Waals surface area (Å²) in [6, 6.07) is 26.0. The van der Waals surface area contributed by atoms with Crippen LogP contribution in [-0.2, 0) is 24.4 Å². The number of hydrogen-bond donors (Lipinski definition) is 1. The van der Waals surface area contributed by atoms with Gasteiger partial charge in [-0.3, -0.25) is 0 Å². The summed E-state index contributed by atoms with van der Waals surface area (Å²) in [7, 11) is 0. The average molecular weight is 705 g/mol. The molecule has 163 valence electrons. The third-order valence-corrected chi connectivity index (χ3v) is 7.69. The molecule has 0 fully saturated rings. The first-order chi connectivity index (χ1) is 15.0. The smallest absolute Gasteiger partial charge is 0.354 e. The van der Waals surface area contributed by atoms with E-state index >= 15 is 0 Å². The van der Waals surface area contributed by atoms with E-state index in [2.05, 4.69) is 28.2 Å². The van der Waals surface area contributed by atoms with Gasteiger partial charge in [-0.1, -0.05) is 6.07 Å². The molecule has 0 atom stereocenters. The molecule has 0 saturated carbocycles. The number of fused-ring (bicyclic) bond motifs is 2. The van der Waals surface area contributed by atoms with Crippen LogP contribution in [0.1, 0.15) is 21.6 Å². The summed E-state index contributed by atoms with van der Waals surface area (Å²) in [6.07, 6.45) is 3.22. The minimum atomic E-state index is -1.07. The zero-order valence-electron chi connectivity index (χ0n) is 16.3. The van der Waals surface area contributed by atoms with Crippen LogP contribution in [0, 0.1) is 6.07 Å². The first-order valence-corrected chi connectivity index (χ1v) is 11.7. The maximum atomic E-state index is 10.1. The second-order valence-electron chi connectivity index (χ2n) is 6.50. The third kappa shape index (κ3) is 5.13. The zero-order chi connectivity index (χ0) is 21.8. The number of carboxylic acid groups (broad SMARTS) is 1. The maximum absolute atomic E-state index is 10.1. The predicted octanol–water partition coefficient (Wildman–Crippen LogP) is 3.97. The van der Waals surface area contributed by atoms with Crippen molar-refractivity contribution in [2.75, 3.05) is 0 Å². The molecule has 3 heterocycles. The van der Waals surface area contributed by atoms with E-state index in [1.165, 1.54) is 21.2 Å². The molecule has 0 saturated heterocycles. The fraction of sp³-hybridized carbons (Fsp3) is 0.0417. The Bertz CT molecular complexity index is 1230. The van der Waals surface area contributed by atoms with Crippen molar-refractivity contribution in [2.45, 2.75) is 4.33 Å². The van der Waals surface area contributed by atoms with Crippen molar-refractivity contribution in [1.29, 1.82) is 0 Å². The number of benzene rings is 2. The van der Waals surface area contributed by atoms with E-state index in [0.717, 1.165) is 22.4 Å². The van der Waals surface area contributed by atoms with Crippen molar-refractivity contribution >= 4 is 53.1 Å². The number of aromatic carboxylic acids is 1. The van der Waals surface area contributed by atoms with Gasteiger partial charge < -0.3 is 5.11 Å². The van der Waals surface area contributed by atoms with E-state index in [9.17, 15) is 4.79 Å². The Morgan fingerprint density at radius 2 is 1.59 bits per heavy atom. The molecule has 2 aromatic heterocycles. The number of carbonyl (C=O) groups is 1. The molecule has 2 aromatic carbocycles. The molecule has 1 aliphatic heterocycles. The summed E-state index contributed by atoms with van der Waals surface area (Å²) >= 11 is 13.8. The third-order valence-electron chi connectivity index (χ3n) is 4.52. The minimum Gasteiger partial charge on any atom is -0.477 e. The van der Waals surface area contributed by atoms with Gasteiger partial charge in [0.2, 0.25) is 0 Å². The van der Waals surface area contributed by atoms with Crippen LogP contribution in [0.4, 0.5) is 0 Å². The monoisotopic (exact) mass is 706 g/mol. The summed E-state index contributed by atoms with van der Waals surface area (Å²) in [5, 5.41) is 8.32.